The first-order chi connectivity index (χ1) is 18.4. The normalized spacial score (nSPS) is 11.0. The van der Waals surface area contributed by atoms with E-state index >= 15 is 0 Å². The van der Waals surface area contributed by atoms with E-state index in [0.29, 0.717) is 48.5 Å². The fraction of sp³-hybridized carbons (Fsp3) is 0.241. The molecule has 0 saturated carbocycles. The molecule has 3 rings (SSSR count). The molecule has 192 valence electrons. The summed E-state index contributed by atoms with van der Waals surface area (Å²) in [5, 5.41) is 31.0. The molecule has 0 heterocycles. The minimum atomic E-state index is -0.386. The Hall–Kier alpha value is -5.02. The molecule has 0 aliphatic rings. The summed E-state index contributed by atoms with van der Waals surface area (Å²) in [6, 6.07) is 24.4. The summed E-state index contributed by atoms with van der Waals surface area (Å²) in [5.74, 6) is 0.215. The van der Waals surface area contributed by atoms with Gasteiger partial charge in [0.15, 0.2) is 0 Å². The number of azo groups is 1. The van der Waals surface area contributed by atoms with Crippen molar-refractivity contribution >= 4 is 23.1 Å². The SMILES string of the molecule is COc1cc(N(CCC#N)CCC#N)ccc1/C(N=Nc1cccc(C)c1)=N/NC(=O)c1ccc(C)cc1. The van der Waals surface area contributed by atoms with E-state index in [2.05, 4.69) is 32.9 Å². The number of ether oxygens (including phenoxy) is 1. The van der Waals surface area contributed by atoms with E-state index in [1.807, 2.05) is 61.2 Å². The molecule has 0 fully saturated rings. The summed E-state index contributed by atoms with van der Waals surface area (Å²) < 4.78 is 5.65. The van der Waals surface area contributed by atoms with Gasteiger partial charge in [-0.15, -0.1) is 15.3 Å². The van der Waals surface area contributed by atoms with Gasteiger partial charge < -0.3 is 9.64 Å². The average molecular weight is 508 g/mol. The van der Waals surface area contributed by atoms with Gasteiger partial charge in [-0.2, -0.15) is 10.5 Å². The summed E-state index contributed by atoms with van der Waals surface area (Å²) >= 11 is 0. The highest BCUT2D eigenvalue weighted by Gasteiger charge is 2.16. The zero-order chi connectivity index (χ0) is 27.3. The lowest BCUT2D eigenvalue weighted by Crippen LogP contribution is -2.25. The molecule has 0 saturated heterocycles. The van der Waals surface area contributed by atoms with Gasteiger partial charge >= 0.3 is 0 Å². The molecule has 0 aliphatic heterocycles. The van der Waals surface area contributed by atoms with E-state index in [9.17, 15) is 4.79 Å². The topological polar surface area (TPSA) is 126 Å². The van der Waals surface area contributed by atoms with Gasteiger partial charge in [0, 0.05) is 30.4 Å². The molecule has 0 bridgehead atoms. The second-order valence-electron chi connectivity index (χ2n) is 8.47. The maximum Gasteiger partial charge on any atom is 0.271 e. The van der Waals surface area contributed by atoms with Crippen LogP contribution >= 0.6 is 0 Å². The van der Waals surface area contributed by atoms with Crippen LogP contribution in [-0.2, 0) is 0 Å². The Bertz CT molecular complexity index is 1380. The molecular weight excluding hydrogens is 478 g/mol. The standard InChI is InChI=1S/C29H29N7O2/c1-21-9-11-23(12-10-21)29(37)35-34-28(33-32-24-8-4-7-22(2)19-24)26-14-13-25(20-27(26)38-3)36(17-5-15-30)18-6-16-31/h4,7-14,19-20H,5-6,17-18H2,1-3H3,(H,35,37)/b33-32?,34-28-. The van der Waals surface area contributed by atoms with Crippen molar-refractivity contribution in [2.45, 2.75) is 26.7 Å². The number of hydrogen-bond acceptors (Lipinski definition) is 7. The maximum atomic E-state index is 12.7. The maximum absolute atomic E-state index is 12.7. The molecule has 0 unspecified atom stereocenters. The number of rotatable bonds is 10. The number of hydrogen-bond donors (Lipinski definition) is 1. The van der Waals surface area contributed by atoms with Crippen molar-refractivity contribution in [3.05, 3.63) is 89.0 Å². The van der Waals surface area contributed by atoms with Crippen LogP contribution < -0.4 is 15.1 Å². The molecule has 38 heavy (non-hydrogen) atoms. The first kappa shape index (κ1) is 27.6. The highest BCUT2D eigenvalue weighted by Crippen LogP contribution is 2.28. The highest BCUT2D eigenvalue weighted by molar-refractivity contribution is 6.03. The lowest BCUT2D eigenvalue weighted by atomic mass is 10.1. The Balaban J connectivity index is 1.99. The summed E-state index contributed by atoms with van der Waals surface area (Å²) in [5.41, 5.74) is 7.04. The number of amidine groups is 1. The molecular formula is C29H29N7O2. The fourth-order valence-corrected chi connectivity index (χ4v) is 3.61. The zero-order valence-corrected chi connectivity index (χ0v) is 21.7. The summed E-state index contributed by atoms with van der Waals surface area (Å²) in [6.07, 6.45) is 0.635. The molecule has 3 aromatic carbocycles. The number of nitrogens with one attached hydrogen (secondary N) is 1. The molecule has 0 aliphatic carbocycles. The number of methoxy groups -OCH3 is 1. The van der Waals surface area contributed by atoms with Crippen LogP contribution in [0.5, 0.6) is 5.75 Å². The van der Waals surface area contributed by atoms with E-state index < -0.39 is 0 Å². The summed E-state index contributed by atoms with van der Waals surface area (Å²) in [6.45, 7) is 4.85. The molecule has 0 radical (unpaired) electrons. The Kier molecular flexibility index (Phi) is 10.1. The van der Waals surface area contributed by atoms with Gasteiger partial charge in [0.25, 0.3) is 5.91 Å². The highest BCUT2D eigenvalue weighted by atomic mass is 16.5. The largest absolute Gasteiger partial charge is 0.496 e. The second-order valence-corrected chi connectivity index (χ2v) is 8.47. The van der Waals surface area contributed by atoms with Crippen LogP contribution in [0, 0.1) is 36.5 Å². The lowest BCUT2D eigenvalue weighted by Gasteiger charge is -2.23. The minimum Gasteiger partial charge on any atom is -0.496 e. The Morgan fingerprint density at radius 2 is 1.66 bits per heavy atom. The van der Waals surface area contributed by atoms with Crippen LogP contribution in [0.25, 0.3) is 0 Å². The van der Waals surface area contributed by atoms with Crippen LogP contribution in [-0.4, -0.2) is 31.9 Å². The molecule has 9 nitrogen and oxygen atoms in total. The predicted molar refractivity (Wildman–Crippen MR) is 147 cm³/mol. The van der Waals surface area contributed by atoms with Gasteiger partial charge in [-0.3, -0.25) is 4.79 Å². The van der Waals surface area contributed by atoms with E-state index in [1.54, 1.807) is 24.3 Å². The van der Waals surface area contributed by atoms with Gasteiger partial charge in [0.1, 0.15) is 5.75 Å². The predicted octanol–water partition coefficient (Wildman–Crippen LogP) is 5.82. The van der Waals surface area contributed by atoms with Crippen LogP contribution in [0.2, 0.25) is 0 Å². The number of nitrogens with zero attached hydrogens (tertiary/aromatic N) is 6. The van der Waals surface area contributed by atoms with E-state index in [1.165, 1.54) is 7.11 Å². The van der Waals surface area contributed by atoms with Crippen molar-refractivity contribution in [2.75, 3.05) is 25.1 Å². The van der Waals surface area contributed by atoms with Gasteiger partial charge in [-0.05, 0) is 55.8 Å². The Morgan fingerprint density at radius 1 is 0.947 bits per heavy atom. The molecule has 1 amide bonds. The van der Waals surface area contributed by atoms with Crippen molar-refractivity contribution < 1.29 is 9.53 Å². The van der Waals surface area contributed by atoms with Crippen molar-refractivity contribution in [2.24, 2.45) is 15.3 Å². The second kappa shape index (κ2) is 13.9. The monoisotopic (exact) mass is 507 g/mol. The quantitative estimate of drug-likeness (QED) is 0.160. The first-order valence-electron chi connectivity index (χ1n) is 12.1. The summed E-state index contributed by atoms with van der Waals surface area (Å²) in [7, 11) is 1.53. The van der Waals surface area contributed by atoms with Gasteiger partial charge in [0.05, 0.1) is 43.3 Å². The summed E-state index contributed by atoms with van der Waals surface area (Å²) in [4.78, 5) is 14.7. The smallest absolute Gasteiger partial charge is 0.271 e. The Labute approximate surface area is 222 Å². The van der Waals surface area contributed by atoms with Crippen molar-refractivity contribution in [1.82, 2.24) is 5.43 Å². The van der Waals surface area contributed by atoms with E-state index in [-0.39, 0.29) is 11.7 Å². The van der Waals surface area contributed by atoms with Gasteiger partial charge in [0.2, 0.25) is 5.84 Å². The average Bonchev–Trinajstić information content (AvgIpc) is 2.93. The van der Waals surface area contributed by atoms with Crippen molar-refractivity contribution in [3.63, 3.8) is 0 Å². The number of aryl methyl sites for hydroxylation is 2. The third-order valence-corrected chi connectivity index (χ3v) is 5.62. The van der Waals surface area contributed by atoms with E-state index in [0.717, 1.165) is 16.8 Å². The van der Waals surface area contributed by atoms with E-state index in [4.69, 9.17) is 15.3 Å². The molecule has 3 aromatic rings. The third-order valence-electron chi connectivity index (χ3n) is 5.62. The first-order valence-corrected chi connectivity index (χ1v) is 12.1. The number of nitriles is 2. The van der Waals surface area contributed by atoms with Gasteiger partial charge in [-0.25, -0.2) is 5.43 Å². The molecule has 1 N–H and O–H groups in total. The molecule has 0 atom stereocenters. The number of carbonyl (C=O) groups excluding carboxylic acids is 1. The number of anilines is 1. The molecule has 9 heteroatoms. The number of benzene rings is 3. The number of amides is 1. The molecule has 0 aromatic heterocycles. The van der Waals surface area contributed by atoms with Crippen LogP contribution in [0.15, 0.2) is 82.1 Å². The van der Waals surface area contributed by atoms with Crippen LogP contribution in [0.3, 0.4) is 0 Å². The third kappa shape index (κ3) is 7.74. The van der Waals surface area contributed by atoms with Crippen molar-refractivity contribution in [3.8, 4) is 17.9 Å². The van der Waals surface area contributed by atoms with Crippen molar-refractivity contribution in [1.29, 1.82) is 10.5 Å². The lowest BCUT2D eigenvalue weighted by molar-refractivity contribution is 0.0955. The number of carbonyl (C=O) groups is 1. The molecule has 0 spiro atoms. The van der Waals surface area contributed by atoms with Crippen LogP contribution in [0.4, 0.5) is 11.4 Å². The zero-order valence-electron chi connectivity index (χ0n) is 21.7. The minimum absolute atomic E-state index is 0.149. The fourth-order valence-electron chi connectivity index (χ4n) is 3.61. The van der Waals surface area contributed by atoms with Gasteiger partial charge in [-0.1, -0.05) is 29.8 Å². The Morgan fingerprint density at radius 3 is 2.29 bits per heavy atom. The number of hydrazone groups is 1. The van der Waals surface area contributed by atoms with Crippen LogP contribution in [0.1, 0.15) is 39.9 Å².